The number of rotatable bonds is 8. The number of sulfone groups is 1. The number of halogens is 3. The summed E-state index contributed by atoms with van der Waals surface area (Å²) in [6.45, 7) is 3.20. The summed E-state index contributed by atoms with van der Waals surface area (Å²) in [4.78, 5) is 21.7. The fraction of sp³-hybridized carbons (Fsp3) is 0.172. The van der Waals surface area contributed by atoms with Gasteiger partial charge in [-0.1, -0.05) is 12.1 Å². The van der Waals surface area contributed by atoms with Gasteiger partial charge in [0.25, 0.3) is 0 Å². The van der Waals surface area contributed by atoms with E-state index in [1.807, 2.05) is 31.2 Å². The zero-order chi connectivity index (χ0) is 29.5. The summed E-state index contributed by atoms with van der Waals surface area (Å²) in [7, 11) is -3.91. The molecule has 1 atom stereocenters. The topological polar surface area (TPSA) is 114 Å². The number of ether oxygens (including phenoxy) is 2. The van der Waals surface area contributed by atoms with Crippen LogP contribution >= 0.6 is 22.6 Å². The van der Waals surface area contributed by atoms with E-state index < -0.39 is 38.6 Å². The molecule has 0 amide bonds. The molecule has 3 aromatic carbocycles. The van der Waals surface area contributed by atoms with Crippen LogP contribution in [-0.2, 0) is 24.8 Å². The van der Waals surface area contributed by atoms with Gasteiger partial charge in [0, 0.05) is 51.8 Å². The summed E-state index contributed by atoms with van der Waals surface area (Å²) < 4.78 is 67.5. The summed E-state index contributed by atoms with van der Waals surface area (Å²) in [6.07, 6.45) is 3.99. The van der Waals surface area contributed by atoms with Crippen molar-refractivity contribution >= 4 is 49.3 Å². The van der Waals surface area contributed by atoms with E-state index in [4.69, 9.17) is 9.47 Å². The van der Waals surface area contributed by atoms with E-state index in [9.17, 15) is 13.2 Å². The number of carbonyl (C=O) groups is 1. The second-order valence-electron chi connectivity index (χ2n) is 9.74. The molecule has 5 rings (SSSR count). The minimum Gasteiger partial charge on any atom is -0.465 e. The van der Waals surface area contributed by atoms with Crippen LogP contribution in [-0.4, -0.2) is 42.2 Å². The number of esters is 1. The molecule has 41 heavy (non-hydrogen) atoms. The Labute approximate surface area is 248 Å². The Kier molecular flexibility index (Phi) is 7.64. The van der Waals surface area contributed by atoms with E-state index in [-0.39, 0.29) is 34.0 Å². The van der Waals surface area contributed by atoms with Crippen molar-refractivity contribution in [3.63, 3.8) is 0 Å². The number of aromatic nitrogens is 3. The second kappa shape index (κ2) is 10.9. The number of hydrogen-bond donors (Lipinski definition) is 2. The lowest BCUT2D eigenvalue weighted by molar-refractivity contribution is -0.142. The largest absolute Gasteiger partial charge is 0.465 e. The van der Waals surface area contributed by atoms with Gasteiger partial charge in [-0.15, -0.1) is 0 Å². The van der Waals surface area contributed by atoms with E-state index in [1.54, 1.807) is 0 Å². The molecule has 2 heterocycles. The molecular weight excluding hydrogens is 667 g/mol. The first kappa shape index (κ1) is 28.7. The number of aromatic amines is 2. The number of nitrogens with zero attached hydrogens (tertiary/aromatic N) is 1. The molecule has 0 aliphatic rings. The molecule has 8 nitrogen and oxygen atoms in total. The van der Waals surface area contributed by atoms with Gasteiger partial charge < -0.3 is 19.4 Å². The Balaban J connectivity index is 1.56. The third-order valence-corrected chi connectivity index (χ3v) is 8.52. The molecule has 0 radical (unpaired) electrons. The van der Waals surface area contributed by atoms with E-state index in [2.05, 4.69) is 37.5 Å². The number of nitrogens with one attached hydrogen (secondary N) is 2. The number of hydrogen-bond acceptors (Lipinski definition) is 6. The summed E-state index contributed by atoms with van der Waals surface area (Å²) in [5, 5.41) is 0.268. The predicted octanol–water partition coefficient (Wildman–Crippen LogP) is 6.51. The molecule has 0 saturated heterocycles. The van der Waals surface area contributed by atoms with Crippen molar-refractivity contribution in [3.05, 3.63) is 93.5 Å². The number of carbonyl (C=O) groups excluding carboxylic acids is 1. The van der Waals surface area contributed by atoms with Gasteiger partial charge in [0.2, 0.25) is 0 Å². The predicted molar refractivity (Wildman–Crippen MR) is 158 cm³/mol. The number of fused-ring (bicyclic) bond motifs is 1. The SMILES string of the molecule is CC(=O)OCC(C)(c1cccc(I)c1)c1cnc(-c2cc(Oc3c(F)cc4[nH]ccc4c3S(C)(=O)=O)ccc2F)[nH]1. The van der Waals surface area contributed by atoms with Crippen LogP contribution in [0.2, 0.25) is 0 Å². The highest BCUT2D eigenvalue weighted by molar-refractivity contribution is 14.1. The van der Waals surface area contributed by atoms with Crippen molar-refractivity contribution in [1.29, 1.82) is 0 Å². The third-order valence-electron chi connectivity index (χ3n) is 6.70. The fourth-order valence-electron chi connectivity index (χ4n) is 4.59. The highest BCUT2D eigenvalue weighted by atomic mass is 127. The van der Waals surface area contributed by atoms with Gasteiger partial charge >= 0.3 is 5.97 Å². The second-order valence-corrected chi connectivity index (χ2v) is 12.9. The molecule has 5 aromatic rings. The first-order valence-electron chi connectivity index (χ1n) is 12.3. The van der Waals surface area contributed by atoms with Crippen molar-refractivity contribution in [2.75, 3.05) is 12.9 Å². The summed E-state index contributed by atoms with van der Waals surface area (Å²) >= 11 is 2.19. The van der Waals surface area contributed by atoms with Crippen LogP contribution in [0, 0.1) is 15.2 Å². The molecule has 212 valence electrons. The Morgan fingerprint density at radius 2 is 1.88 bits per heavy atom. The number of imidazole rings is 1. The maximum atomic E-state index is 15.1. The van der Waals surface area contributed by atoms with Crippen LogP contribution in [0.1, 0.15) is 25.1 Å². The molecule has 2 N–H and O–H groups in total. The van der Waals surface area contributed by atoms with Crippen LogP contribution in [0.4, 0.5) is 8.78 Å². The maximum absolute atomic E-state index is 15.1. The van der Waals surface area contributed by atoms with Crippen molar-refractivity contribution in [2.45, 2.75) is 24.2 Å². The lowest BCUT2D eigenvalue weighted by atomic mass is 9.80. The van der Waals surface area contributed by atoms with Gasteiger partial charge in [0.15, 0.2) is 21.4 Å². The van der Waals surface area contributed by atoms with Crippen LogP contribution in [0.25, 0.3) is 22.3 Å². The summed E-state index contributed by atoms with van der Waals surface area (Å²) in [5.74, 6) is -2.34. The zero-order valence-electron chi connectivity index (χ0n) is 22.1. The molecular formula is C29H24F2IN3O5S. The highest BCUT2D eigenvalue weighted by Crippen LogP contribution is 2.39. The summed E-state index contributed by atoms with van der Waals surface area (Å²) in [5.41, 5.74) is 0.868. The Morgan fingerprint density at radius 3 is 2.59 bits per heavy atom. The lowest BCUT2D eigenvalue weighted by Gasteiger charge is -2.28. The standard InChI is InChI=1S/C29H24F2IN3O5S/c1-16(36)39-15-29(2,17-5-4-6-18(32)11-17)25-14-34-28(35-25)21-12-19(7-8-22(21)30)40-26-23(31)13-24-20(9-10-33-24)27(26)41(3,37)38/h4-14,33H,15H2,1-3H3,(H,34,35). The molecule has 0 saturated carbocycles. The third kappa shape index (κ3) is 5.71. The molecule has 0 spiro atoms. The normalized spacial score (nSPS) is 13.2. The molecule has 1 unspecified atom stereocenters. The summed E-state index contributed by atoms with van der Waals surface area (Å²) in [6, 6.07) is 14.0. The average Bonchev–Trinajstić information content (AvgIpc) is 3.58. The van der Waals surface area contributed by atoms with Crippen LogP contribution < -0.4 is 4.74 Å². The number of benzene rings is 3. The van der Waals surface area contributed by atoms with E-state index in [0.717, 1.165) is 27.5 Å². The fourth-order valence-corrected chi connectivity index (χ4v) is 6.18. The van der Waals surface area contributed by atoms with Crippen LogP contribution in [0.5, 0.6) is 11.5 Å². The van der Waals surface area contributed by atoms with Crippen molar-refractivity contribution in [1.82, 2.24) is 15.0 Å². The van der Waals surface area contributed by atoms with Gasteiger partial charge in [-0.2, -0.15) is 0 Å². The van der Waals surface area contributed by atoms with Gasteiger partial charge in [0.1, 0.15) is 28.9 Å². The average molecular weight is 691 g/mol. The van der Waals surface area contributed by atoms with E-state index in [1.165, 1.54) is 37.5 Å². The van der Waals surface area contributed by atoms with E-state index >= 15 is 8.78 Å². The van der Waals surface area contributed by atoms with Crippen LogP contribution in [0.15, 0.2) is 71.9 Å². The zero-order valence-corrected chi connectivity index (χ0v) is 25.1. The molecule has 2 aromatic heterocycles. The maximum Gasteiger partial charge on any atom is 0.302 e. The quantitative estimate of drug-likeness (QED) is 0.142. The lowest BCUT2D eigenvalue weighted by Crippen LogP contribution is -2.31. The van der Waals surface area contributed by atoms with Crippen molar-refractivity contribution in [3.8, 4) is 22.9 Å². The minimum absolute atomic E-state index is 0.00155. The Bertz CT molecular complexity index is 1900. The van der Waals surface area contributed by atoms with Gasteiger partial charge in [-0.05, 0) is 71.5 Å². The number of H-pyrrole nitrogens is 2. The van der Waals surface area contributed by atoms with E-state index in [0.29, 0.717) is 11.2 Å². The smallest absolute Gasteiger partial charge is 0.302 e. The molecule has 0 aliphatic heterocycles. The minimum atomic E-state index is -3.91. The Morgan fingerprint density at radius 1 is 1.10 bits per heavy atom. The molecule has 0 aliphatic carbocycles. The molecule has 0 bridgehead atoms. The molecule has 12 heteroatoms. The van der Waals surface area contributed by atoms with Crippen LogP contribution in [0.3, 0.4) is 0 Å². The van der Waals surface area contributed by atoms with Gasteiger partial charge in [-0.25, -0.2) is 22.2 Å². The first-order chi connectivity index (χ1) is 19.4. The highest BCUT2D eigenvalue weighted by Gasteiger charge is 2.33. The molecule has 0 fully saturated rings. The first-order valence-corrected chi connectivity index (χ1v) is 15.3. The van der Waals surface area contributed by atoms with Crippen molar-refractivity contribution in [2.24, 2.45) is 0 Å². The Hall–Kier alpha value is -3.78. The van der Waals surface area contributed by atoms with Crippen molar-refractivity contribution < 1.29 is 31.5 Å². The monoisotopic (exact) mass is 691 g/mol. The van der Waals surface area contributed by atoms with Gasteiger partial charge in [0.05, 0.1) is 11.0 Å². The van der Waals surface area contributed by atoms with Gasteiger partial charge in [-0.3, -0.25) is 4.79 Å².